The number of nitrogens with one attached hydrogen (secondary N) is 2. The Hall–Kier alpha value is -0.970. The van der Waals surface area contributed by atoms with Crippen LogP contribution >= 0.6 is 11.8 Å². The summed E-state index contributed by atoms with van der Waals surface area (Å²) in [5.41, 5.74) is 1.48. The number of hydrogen-bond donors (Lipinski definition) is 2. The number of rotatable bonds is 2. The first-order valence-corrected chi connectivity index (χ1v) is 6.56. The van der Waals surface area contributed by atoms with Crippen LogP contribution in [0, 0.1) is 0 Å². The van der Waals surface area contributed by atoms with Crippen molar-refractivity contribution in [3.05, 3.63) is 17.5 Å². The summed E-state index contributed by atoms with van der Waals surface area (Å²) in [5.74, 6) is 2.03. The number of nitrogens with zero attached hydrogens (tertiary/aromatic N) is 1. The van der Waals surface area contributed by atoms with E-state index in [-0.39, 0.29) is 11.3 Å². The zero-order valence-electron chi connectivity index (χ0n) is 9.83. The van der Waals surface area contributed by atoms with Crippen molar-refractivity contribution in [3.8, 4) is 0 Å². The number of carbonyl (C=O) groups is 1. The number of aromatic nitrogens is 2. The van der Waals surface area contributed by atoms with E-state index in [1.165, 1.54) is 0 Å². The Bertz CT molecular complexity index is 390. The Balaban J connectivity index is 2.13. The van der Waals surface area contributed by atoms with Crippen molar-refractivity contribution in [2.45, 2.75) is 32.2 Å². The molecule has 2 heterocycles. The van der Waals surface area contributed by atoms with E-state index in [2.05, 4.69) is 36.3 Å². The van der Waals surface area contributed by atoms with E-state index in [1.54, 1.807) is 6.20 Å². The first-order chi connectivity index (χ1) is 7.48. The monoisotopic (exact) mass is 239 g/mol. The summed E-state index contributed by atoms with van der Waals surface area (Å²) in [6.07, 6.45) is 1.61. The van der Waals surface area contributed by atoms with Crippen molar-refractivity contribution in [2.24, 2.45) is 0 Å². The predicted molar refractivity (Wildman–Crippen MR) is 65.9 cm³/mol. The van der Waals surface area contributed by atoms with Gasteiger partial charge in [0.15, 0.2) is 0 Å². The molecule has 4 nitrogen and oxygen atoms in total. The molecule has 0 aliphatic carbocycles. The molecule has 16 heavy (non-hydrogen) atoms. The molecule has 0 atom stereocenters. The lowest BCUT2D eigenvalue weighted by Crippen LogP contribution is -2.44. The SMILES string of the molecule is CC(C)(C)c1[nH]ncc1C(=O)NC1CSC1. The quantitative estimate of drug-likeness (QED) is 0.823. The molecule has 1 aliphatic rings. The third kappa shape index (κ3) is 2.24. The second-order valence-electron chi connectivity index (χ2n) is 5.12. The van der Waals surface area contributed by atoms with Crippen LogP contribution < -0.4 is 5.32 Å². The highest BCUT2D eigenvalue weighted by Crippen LogP contribution is 2.24. The Labute approximate surface area is 99.6 Å². The van der Waals surface area contributed by atoms with Gasteiger partial charge < -0.3 is 5.32 Å². The van der Waals surface area contributed by atoms with Gasteiger partial charge in [-0.3, -0.25) is 9.89 Å². The lowest BCUT2D eigenvalue weighted by atomic mass is 9.89. The fraction of sp³-hybridized carbons (Fsp3) is 0.636. The van der Waals surface area contributed by atoms with Crippen LogP contribution in [-0.4, -0.2) is 33.7 Å². The highest BCUT2D eigenvalue weighted by Gasteiger charge is 2.26. The number of amides is 1. The van der Waals surface area contributed by atoms with Gasteiger partial charge in [0.1, 0.15) is 0 Å². The average molecular weight is 239 g/mol. The minimum atomic E-state index is -0.0858. The molecule has 0 bridgehead atoms. The van der Waals surface area contributed by atoms with Gasteiger partial charge in [-0.1, -0.05) is 20.8 Å². The van der Waals surface area contributed by atoms with Crippen molar-refractivity contribution >= 4 is 17.7 Å². The molecule has 1 amide bonds. The molecule has 1 aromatic rings. The van der Waals surface area contributed by atoms with E-state index in [0.29, 0.717) is 11.6 Å². The van der Waals surface area contributed by atoms with Crippen LogP contribution in [0.4, 0.5) is 0 Å². The zero-order chi connectivity index (χ0) is 11.8. The number of carbonyl (C=O) groups excluding carboxylic acids is 1. The average Bonchev–Trinajstić information content (AvgIpc) is 2.58. The Kier molecular flexibility index (Phi) is 2.97. The third-order valence-corrected chi connectivity index (χ3v) is 3.88. The molecule has 1 saturated heterocycles. The molecule has 5 heteroatoms. The molecule has 2 rings (SSSR count). The maximum Gasteiger partial charge on any atom is 0.255 e. The topological polar surface area (TPSA) is 57.8 Å². The molecule has 0 saturated carbocycles. The minimum absolute atomic E-state index is 0.0102. The molecule has 1 fully saturated rings. The molecule has 1 aromatic heterocycles. The highest BCUT2D eigenvalue weighted by molar-refractivity contribution is 8.00. The molecule has 88 valence electrons. The van der Waals surface area contributed by atoms with Crippen LogP contribution in [0.3, 0.4) is 0 Å². The lowest BCUT2D eigenvalue weighted by Gasteiger charge is -2.26. The summed E-state index contributed by atoms with van der Waals surface area (Å²) in [6, 6.07) is 0.334. The summed E-state index contributed by atoms with van der Waals surface area (Å²) >= 11 is 1.86. The van der Waals surface area contributed by atoms with Gasteiger partial charge >= 0.3 is 0 Å². The molecule has 0 unspecified atom stereocenters. The van der Waals surface area contributed by atoms with Crippen LogP contribution in [0.5, 0.6) is 0 Å². The fourth-order valence-electron chi connectivity index (χ4n) is 1.61. The van der Waals surface area contributed by atoms with Gasteiger partial charge in [-0.25, -0.2) is 0 Å². The Morgan fingerprint density at radius 3 is 2.75 bits per heavy atom. The van der Waals surface area contributed by atoms with Gasteiger partial charge in [0.25, 0.3) is 5.91 Å². The fourth-order valence-corrected chi connectivity index (χ4v) is 2.25. The highest BCUT2D eigenvalue weighted by atomic mass is 32.2. The van der Waals surface area contributed by atoms with Crippen LogP contribution in [0.2, 0.25) is 0 Å². The number of H-pyrrole nitrogens is 1. The summed E-state index contributed by atoms with van der Waals surface area (Å²) in [5, 5.41) is 9.90. The number of hydrogen-bond acceptors (Lipinski definition) is 3. The second kappa shape index (κ2) is 4.13. The van der Waals surface area contributed by atoms with E-state index in [4.69, 9.17) is 0 Å². The van der Waals surface area contributed by atoms with Crippen LogP contribution in [-0.2, 0) is 5.41 Å². The van der Waals surface area contributed by atoms with Gasteiger partial charge in [0.05, 0.1) is 17.5 Å². The standard InChI is InChI=1S/C11H17N3OS/c1-11(2,3)9-8(4-12-14-9)10(15)13-7-5-16-6-7/h4,7H,5-6H2,1-3H3,(H,12,14)(H,13,15). The first-order valence-electron chi connectivity index (χ1n) is 5.41. The molecule has 0 radical (unpaired) electrons. The van der Waals surface area contributed by atoms with Crippen LogP contribution in [0.25, 0.3) is 0 Å². The number of aromatic amines is 1. The first kappa shape index (κ1) is 11.5. The van der Waals surface area contributed by atoms with E-state index >= 15 is 0 Å². The van der Waals surface area contributed by atoms with Crippen molar-refractivity contribution in [2.75, 3.05) is 11.5 Å². The van der Waals surface area contributed by atoms with Crippen LogP contribution in [0.1, 0.15) is 36.8 Å². The van der Waals surface area contributed by atoms with E-state index in [1.807, 2.05) is 11.8 Å². The van der Waals surface area contributed by atoms with Gasteiger partial charge in [-0.15, -0.1) is 0 Å². The zero-order valence-corrected chi connectivity index (χ0v) is 10.6. The molecular weight excluding hydrogens is 222 g/mol. The molecule has 2 N–H and O–H groups in total. The van der Waals surface area contributed by atoms with Crippen molar-refractivity contribution in [1.82, 2.24) is 15.5 Å². The Morgan fingerprint density at radius 1 is 1.56 bits per heavy atom. The maximum absolute atomic E-state index is 12.0. The lowest BCUT2D eigenvalue weighted by molar-refractivity contribution is 0.0940. The van der Waals surface area contributed by atoms with Crippen molar-refractivity contribution in [3.63, 3.8) is 0 Å². The van der Waals surface area contributed by atoms with Gasteiger partial charge in [-0.05, 0) is 0 Å². The third-order valence-electron chi connectivity index (χ3n) is 2.61. The van der Waals surface area contributed by atoms with Gasteiger partial charge in [-0.2, -0.15) is 16.9 Å². The van der Waals surface area contributed by atoms with Gasteiger partial charge in [0, 0.05) is 23.0 Å². The second-order valence-corrected chi connectivity index (χ2v) is 6.19. The van der Waals surface area contributed by atoms with Crippen molar-refractivity contribution in [1.29, 1.82) is 0 Å². The minimum Gasteiger partial charge on any atom is -0.348 e. The molecule has 1 aliphatic heterocycles. The molecular formula is C11H17N3OS. The summed E-state index contributed by atoms with van der Waals surface area (Å²) in [7, 11) is 0. The van der Waals surface area contributed by atoms with E-state index < -0.39 is 0 Å². The van der Waals surface area contributed by atoms with Gasteiger partial charge in [0.2, 0.25) is 0 Å². The van der Waals surface area contributed by atoms with E-state index in [9.17, 15) is 4.79 Å². The summed E-state index contributed by atoms with van der Waals surface area (Å²) in [6.45, 7) is 6.20. The van der Waals surface area contributed by atoms with E-state index in [0.717, 1.165) is 17.2 Å². The summed E-state index contributed by atoms with van der Waals surface area (Å²) in [4.78, 5) is 12.0. The normalized spacial score (nSPS) is 16.9. The molecule has 0 aromatic carbocycles. The predicted octanol–water partition coefficient (Wildman–Crippen LogP) is 1.55. The van der Waals surface area contributed by atoms with Crippen LogP contribution in [0.15, 0.2) is 6.20 Å². The maximum atomic E-state index is 12.0. The molecule has 0 spiro atoms. The Morgan fingerprint density at radius 2 is 2.25 bits per heavy atom. The largest absolute Gasteiger partial charge is 0.348 e. The summed E-state index contributed by atoms with van der Waals surface area (Å²) < 4.78 is 0. The van der Waals surface area contributed by atoms with Crippen molar-refractivity contribution < 1.29 is 4.79 Å². The smallest absolute Gasteiger partial charge is 0.255 e. The number of thioether (sulfide) groups is 1.